The Morgan fingerprint density at radius 3 is 2.36 bits per heavy atom. The lowest BCUT2D eigenvalue weighted by Gasteiger charge is -2.24. The molecule has 1 rings (SSSR count). The van der Waals surface area contributed by atoms with Crippen molar-refractivity contribution >= 4 is 21.9 Å². The lowest BCUT2D eigenvalue weighted by Crippen LogP contribution is -2.44. The highest BCUT2D eigenvalue weighted by atomic mass is 32.2. The molecule has 0 bridgehead atoms. The van der Waals surface area contributed by atoms with Gasteiger partial charge in [-0.2, -0.15) is 0 Å². The average molecular weight is 368 g/mol. The molecule has 2 N–H and O–H groups in total. The maximum atomic E-state index is 11.9. The molecule has 0 heterocycles. The molecule has 0 unspecified atom stereocenters. The van der Waals surface area contributed by atoms with Crippen molar-refractivity contribution in [3.05, 3.63) is 42.5 Å². The number of benzene rings is 1. The molecule has 0 spiro atoms. The van der Waals surface area contributed by atoms with E-state index in [-0.39, 0.29) is 22.5 Å². The van der Waals surface area contributed by atoms with Crippen molar-refractivity contribution in [1.82, 2.24) is 10.0 Å². The molecule has 0 atom stereocenters. The Morgan fingerprint density at radius 2 is 1.84 bits per heavy atom. The number of hydrogen-bond donors (Lipinski definition) is 2. The van der Waals surface area contributed by atoms with Crippen LogP contribution in [0.1, 0.15) is 37.6 Å². The minimum Gasteiger partial charge on any atom is -0.452 e. The lowest BCUT2D eigenvalue weighted by molar-refractivity contribution is -0.125. The van der Waals surface area contributed by atoms with E-state index in [0.29, 0.717) is 0 Å². The molecule has 25 heavy (non-hydrogen) atoms. The Morgan fingerprint density at radius 1 is 1.24 bits per heavy atom. The first kappa shape index (κ1) is 20.9. The summed E-state index contributed by atoms with van der Waals surface area (Å²) in [6, 6.07) is 5.25. The zero-order chi connectivity index (χ0) is 19.1. The van der Waals surface area contributed by atoms with Gasteiger partial charge in [-0.15, -0.1) is 6.58 Å². The second-order valence-electron chi connectivity index (χ2n) is 6.03. The van der Waals surface area contributed by atoms with E-state index in [2.05, 4.69) is 16.6 Å². The topological polar surface area (TPSA) is 102 Å². The molecule has 0 saturated heterocycles. The second kappa shape index (κ2) is 8.77. The minimum absolute atomic E-state index is 0.0216. The highest BCUT2D eigenvalue weighted by Gasteiger charge is 2.19. The van der Waals surface area contributed by atoms with Crippen LogP contribution in [0, 0.1) is 0 Å². The van der Waals surface area contributed by atoms with Gasteiger partial charge in [-0.3, -0.25) is 4.79 Å². The number of sulfonamides is 1. The monoisotopic (exact) mass is 368 g/mol. The number of rotatable bonds is 9. The van der Waals surface area contributed by atoms with Crippen molar-refractivity contribution in [3.63, 3.8) is 0 Å². The normalized spacial score (nSPS) is 11.6. The number of nitrogens with one attached hydrogen (secondary N) is 2. The summed E-state index contributed by atoms with van der Waals surface area (Å²) in [7, 11) is -3.65. The van der Waals surface area contributed by atoms with E-state index in [1.54, 1.807) is 0 Å². The first-order valence-corrected chi connectivity index (χ1v) is 9.28. The van der Waals surface area contributed by atoms with E-state index in [0.717, 1.165) is 6.42 Å². The standard InChI is InChI=1S/C17H24N2O5S/c1-5-11-18-25(22,23)14-9-7-13(8-10-14)16(21)24-12-15(20)19-17(3,4)6-2/h5,7-10,18H,1,6,11-12H2,2-4H3,(H,19,20). The molecule has 8 heteroatoms. The van der Waals surface area contributed by atoms with E-state index in [1.807, 2.05) is 20.8 Å². The van der Waals surface area contributed by atoms with Gasteiger partial charge in [0.15, 0.2) is 6.61 Å². The van der Waals surface area contributed by atoms with Gasteiger partial charge in [0, 0.05) is 12.1 Å². The van der Waals surface area contributed by atoms with Crippen LogP contribution < -0.4 is 10.0 Å². The number of hydrogen-bond acceptors (Lipinski definition) is 5. The molecule has 0 aromatic heterocycles. The van der Waals surface area contributed by atoms with Crippen LogP contribution >= 0.6 is 0 Å². The Hall–Kier alpha value is -2.19. The van der Waals surface area contributed by atoms with Crippen molar-refractivity contribution < 1.29 is 22.7 Å². The molecule has 0 aliphatic rings. The summed E-state index contributed by atoms with van der Waals surface area (Å²) < 4.78 is 31.1. The molecule has 0 saturated carbocycles. The smallest absolute Gasteiger partial charge is 0.338 e. The van der Waals surface area contributed by atoms with Crippen LogP contribution in [-0.2, 0) is 19.6 Å². The van der Waals surface area contributed by atoms with E-state index in [4.69, 9.17) is 4.74 Å². The average Bonchev–Trinajstić information content (AvgIpc) is 2.57. The Labute approximate surface area is 148 Å². The summed E-state index contributed by atoms with van der Waals surface area (Å²) >= 11 is 0. The van der Waals surface area contributed by atoms with Gasteiger partial charge in [-0.1, -0.05) is 13.0 Å². The van der Waals surface area contributed by atoms with Crippen LogP contribution in [0.3, 0.4) is 0 Å². The summed E-state index contributed by atoms with van der Waals surface area (Å²) in [6.07, 6.45) is 2.16. The maximum Gasteiger partial charge on any atom is 0.338 e. The fourth-order valence-corrected chi connectivity index (χ4v) is 2.74. The van der Waals surface area contributed by atoms with Gasteiger partial charge >= 0.3 is 5.97 Å². The zero-order valence-electron chi connectivity index (χ0n) is 14.7. The van der Waals surface area contributed by atoms with Crippen LogP contribution in [0.2, 0.25) is 0 Å². The fraction of sp³-hybridized carbons (Fsp3) is 0.412. The van der Waals surface area contributed by atoms with Crippen LogP contribution in [-0.4, -0.2) is 39.0 Å². The third-order valence-corrected chi connectivity index (χ3v) is 4.95. The number of carbonyl (C=O) groups is 2. The number of esters is 1. The SMILES string of the molecule is C=CCNS(=O)(=O)c1ccc(C(=O)OCC(=O)NC(C)(C)CC)cc1. The van der Waals surface area contributed by atoms with Crippen LogP contribution in [0.4, 0.5) is 0 Å². The van der Waals surface area contributed by atoms with Crippen LogP contribution in [0.25, 0.3) is 0 Å². The van der Waals surface area contributed by atoms with Gasteiger partial charge in [0.05, 0.1) is 10.5 Å². The minimum atomic E-state index is -3.65. The van der Waals surface area contributed by atoms with Crippen LogP contribution in [0.5, 0.6) is 0 Å². The zero-order valence-corrected chi connectivity index (χ0v) is 15.5. The molecule has 0 aliphatic carbocycles. The summed E-state index contributed by atoms with van der Waals surface area (Å²) in [5.41, 5.74) is -0.219. The quantitative estimate of drug-likeness (QED) is 0.509. The van der Waals surface area contributed by atoms with Gasteiger partial charge in [0.1, 0.15) is 0 Å². The lowest BCUT2D eigenvalue weighted by atomic mass is 10.0. The fourth-order valence-electron chi connectivity index (χ4n) is 1.74. The Bertz CT molecular complexity index is 724. The molecular weight excluding hydrogens is 344 g/mol. The van der Waals surface area contributed by atoms with Gasteiger partial charge in [0.25, 0.3) is 5.91 Å². The molecule has 0 radical (unpaired) electrons. The maximum absolute atomic E-state index is 11.9. The summed E-state index contributed by atoms with van der Waals surface area (Å²) in [5.74, 6) is -1.10. The number of carbonyl (C=O) groups excluding carboxylic acids is 2. The summed E-state index contributed by atoms with van der Waals surface area (Å²) in [4.78, 5) is 23.7. The first-order chi connectivity index (χ1) is 11.6. The molecule has 1 aromatic carbocycles. The molecule has 0 aliphatic heterocycles. The third kappa shape index (κ3) is 6.67. The molecule has 1 aromatic rings. The van der Waals surface area contributed by atoms with E-state index >= 15 is 0 Å². The molecule has 7 nitrogen and oxygen atoms in total. The van der Waals surface area contributed by atoms with Crippen molar-refractivity contribution in [2.45, 2.75) is 37.6 Å². The van der Waals surface area contributed by atoms with Gasteiger partial charge in [-0.05, 0) is 44.5 Å². The van der Waals surface area contributed by atoms with Crippen molar-refractivity contribution in [1.29, 1.82) is 0 Å². The predicted molar refractivity (Wildman–Crippen MR) is 94.6 cm³/mol. The molecular formula is C17H24N2O5S. The Kier molecular flexibility index (Phi) is 7.32. The van der Waals surface area contributed by atoms with Gasteiger partial charge in [0.2, 0.25) is 10.0 Å². The molecule has 0 fully saturated rings. The molecule has 1 amide bonds. The van der Waals surface area contributed by atoms with Gasteiger partial charge in [-0.25, -0.2) is 17.9 Å². The Balaban J connectivity index is 2.66. The van der Waals surface area contributed by atoms with Crippen LogP contribution in [0.15, 0.2) is 41.8 Å². The van der Waals surface area contributed by atoms with Gasteiger partial charge < -0.3 is 10.1 Å². The highest BCUT2D eigenvalue weighted by Crippen LogP contribution is 2.11. The first-order valence-electron chi connectivity index (χ1n) is 7.80. The summed E-state index contributed by atoms with van der Waals surface area (Å²) in [6.45, 7) is 8.81. The predicted octanol–water partition coefficient (Wildman–Crippen LogP) is 1.61. The summed E-state index contributed by atoms with van der Waals surface area (Å²) in [5, 5.41) is 2.75. The van der Waals surface area contributed by atoms with E-state index in [9.17, 15) is 18.0 Å². The third-order valence-electron chi connectivity index (χ3n) is 3.51. The number of ether oxygens (including phenoxy) is 1. The molecule has 138 valence electrons. The highest BCUT2D eigenvalue weighted by molar-refractivity contribution is 7.89. The largest absolute Gasteiger partial charge is 0.452 e. The van der Waals surface area contributed by atoms with Crippen molar-refractivity contribution in [2.24, 2.45) is 0 Å². The van der Waals surface area contributed by atoms with Crippen molar-refractivity contribution in [3.8, 4) is 0 Å². The van der Waals surface area contributed by atoms with Crippen molar-refractivity contribution in [2.75, 3.05) is 13.2 Å². The second-order valence-corrected chi connectivity index (χ2v) is 7.79. The number of amides is 1. The van der Waals surface area contributed by atoms with E-state index in [1.165, 1.54) is 30.3 Å². The van der Waals surface area contributed by atoms with E-state index < -0.39 is 28.5 Å².